The zero-order chi connectivity index (χ0) is 18.1. The summed E-state index contributed by atoms with van der Waals surface area (Å²) in [5.41, 5.74) is 2.12. The number of hydrogen-bond acceptors (Lipinski definition) is 3. The molecule has 1 aromatic rings. The van der Waals surface area contributed by atoms with Crippen LogP contribution < -0.4 is 10.2 Å². The molecule has 0 saturated carbocycles. The Hall–Kier alpha value is -1.88. The molecule has 0 saturated heterocycles. The highest BCUT2D eigenvalue weighted by Gasteiger charge is 2.31. The molecule has 1 aromatic carbocycles. The van der Waals surface area contributed by atoms with E-state index in [9.17, 15) is 14.7 Å². The summed E-state index contributed by atoms with van der Waals surface area (Å²) < 4.78 is 0. The van der Waals surface area contributed by atoms with E-state index in [4.69, 9.17) is 0 Å². The van der Waals surface area contributed by atoms with Crippen LogP contribution in [0.5, 0.6) is 0 Å². The van der Waals surface area contributed by atoms with E-state index in [1.165, 1.54) is 0 Å². The first-order valence-corrected chi connectivity index (χ1v) is 8.51. The summed E-state index contributed by atoms with van der Waals surface area (Å²) in [7, 11) is 0. The van der Waals surface area contributed by atoms with Gasteiger partial charge >= 0.3 is 0 Å². The molecule has 0 aliphatic carbocycles. The highest BCUT2D eigenvalue weighted by molar-refractivity contribution is 5.97. The highest BCUT2D eigenvalue weighted by Crippen LogP contribution is 2.29. The number of benzene rings is 1. The second-order valence-corrected chi connectivity index (χ2v) is 7.62. The van der Waals surface area contributed by atoms with E-state index < -0.39 is 11.5 Å². The molecule has 2 rings (SSSR count). The molecule has 5 heteroatoms. The normalized spacial score (nSPS) is 15.4. The van der Waals surface area contributed by atoms with Crippen LogP contribution >= 0.6 is 0 Å². The monoisotopic (exact) mass is 332 g/mol. The third-order valence-electron chi connectivity index (χ3n) is 4.75. The number of carbonyl (C=O) groups excluding carboxylic acids is 2. The maximum Gasteiger partial charge on any atom is 0.251 e. The minimum atomic E-state index is -0.484. The molecular weight excluding hydrogens is 304 g/mol. The molecule has 24 heavy (non-hydrogen) atoms. The summed E-state index contributed by atoms with van der Waals surface area (Å²) in [4.78, 5) is 25.7. The quantitative estimate of drug-likeness (QED) is 0.870. The van der Waals surface area contributed by atoms with E-state index in [1.54, 1.807) is 17.9 Å². The van der Waals surface area contributed by atoms with Gasteiger partial charge in [0.2, 0.25) is 5.91 Å². The minimum absolute atomic E-state index is 0.0235. The molecule has 1 heterocycles. The van der Waals surface area contributed by atoms with Crippen molar-refractivity contribution in [3.05, 3.63) is 29.3 Å². The summed E-state index contributed by atoms with van der Waals surface area (Å²) in [5.74, 6) is 0.00735. The molecule has 0 spiro atoms. The molecule has 5 nitrogen and oxygen atoms in total. The van der Waals surface area contributed by atoms with Crippen molar-refractivity contribution in [1.29, 1.82) is 0 Å². The lowest BCUT2D eigenvalue weighted by atomic mass is 9.80. The Balaban J connectivity index is 2.05. The molecular formula is C19H28N2O3. The Bertz CT molecular complexity index is 637. The average molecular weight is 332 g/mol. The van der Waals surface area contributed by atoms with E-state index in [0.29, 0.717) is 18.7 Å². The van der Waals surface area contributed by atoms with E-state index in [1.807, 2.05) is 39.8 Å². The van der Waals surface area contributed by atoms with E-state index in [0.717, 1.165) is 17.7 Å². The van der Waals surface area contributed by atoms with Crippen LogP contribution in [0.25, 0.3) is 0 Å². The first-order valence-electron chi connectivity index (χ1n) is 8.51. The largest absolute Gasteiger partial charge is 0.392 e. The van der Waals surface area contributed by atoms with Crippen molar-refractivity contribution in [3.8, 4) is 0 Å². The van der Waals surface area contributed by atoms with Gasteiger partial charge in [-0.15, -0.1) is 0 Å². The van der Waals surface area contributed by atoms with Crippen molar-refractivity contribution < 1.29 is 14.7 Å². The zero-order valence-corrected chi connectivity index (χ0v) is 15.2. The van der Waals surface area contributed by atoms with Gasteiger partial charge in [0, 0.05) is 36.7 Å². The van der Waals surface area contributed by atoms with Gasteiger partial charge in [-0.2, -0.15) is 0 Å². The first kappa shape index (κ1) is 18.5. The zero-order valence-electron chi connectivity index (χ0n) is 15.2. The molecule has 0 aromatic heterocycles. The molecule has 1 atom stereocenters. The minimum Gasteiger partial charge on any atom is -0.392 e. The van der Waals surface area contributed by atoms with E-state index in [-0.39, 0.29) is 17.7 Å². The number of nitrogens with zero attached hydrogens (tertiary/aromatic N) is 1. The summed E-state index contributed by atoms with van der Waals surface area (Å²) >= 11 is 0. The van der Waals surface area contributed by atoms with Crippen LogP contribution in [0.1, 0.15) is 50.5 Å². The maximum atomic E-state index is 12.4. The lowest BCUT2D eigenvalue weighted by Crippen LogP contribution is -2.43. The number of fused-ring (bicyclic) bond motifs is 1. The van der Waals surface area contributed by atoms with Gasteiger partial charge in [-0.25, -0.2) is 0 Å². The average Bonchev–Trinajstić information content (AvgIpc) is 2.94. The predicted molar refractivity (Wildman–Crippen MR) is 95.1 cm³/mol. The molecule has 2 amide bonds. The van der Waals surface area contributed by atoms with Gasteiger partial charge < -0.3 is 15.3 Å². The predicted octanol–water partition coefficient (Wildman–Crippen LogP) is 2.37. The van der Waals surface area contributed by atoms with Crippen molar-refractivity contribution in [1.82, 2.24) is 5.32 Å². The lowest BCUT2D eigenvalue weighted by molar-refractivity contribution is -0.116. The summed E-state index contributed by atoms with van der Waals surface area (Å²) in [5, 5.41) is 13.2. The summed E-state index contributed by atoms with van der Waals surface area (Å²) in [6.07, 6.45) is 0.287. The van der Waals surface area contributed by atoms with Crippen LogP contribution in [-0.4, -0.2) is 36.1 Å². The molecule has 0 radical (unpaired) electrons. The number of nitrogens with one attached hydrogen (secondary N) is 1. The fourth-order valence-corrected chi connectivity index (χ4v) is 3.29. The molecule has 1 aliphatic heterocycles. The molecule has 0 bridgehead atoms. The highest BCUT2D eigenvalue weighted by atomic mass is 16.3. The number of carbonyl (C=O) groups is 2. The van der Waals surface area contributed by atoms with Crippen molar-refractivity contribution in [3.63, 3.8) is 0 Å². The van der Waals surface area contributed by atoms with Gasteiger partial charge in [-0.1, -0.05) is 27.7 Å². The van der Waals surface area contributed by atoms with Crippen molar-refractivity contribution in [2.75, 3.05) is 18.0 Å². The van der Waals surface area contributed by atoms with Gasteiger partial charge in [-0.05, 0) is 36.1 Å². The second kappa shape index (κ2) is 6.93. The van der Waals surface area contributed by atoms with Crippen LogP contribution in [0.4, 0.5) is 5.69 Å². The molecule has 1 aliphatic rings. The van der Waals surface area contributed by atoms with Crippen LogP contribution in [0, 0.1) is 11.3 Å². The number of rotatable bonds is 5. The Labute approximate surface area is 144 Å². The Morgan fingerprint density at radius 2 is 2.00 bits per heavy atom. The summed E-state index contributed by atoms with van der Waals surface area (Å²) in [6.45, 7) is 10.5. The van der Waals surface area contributed by atoms with E-state index >= 15 is 0 Å². The number of aliphatic hydroxyl groups excluding tert-OH is 1. The van der Waals surface area contributed by atoms with Crippen LogP contribution in [0.15, 0.2) is 18.2 Å². The smallest absolute Gasteiger partial charge is 0.251 e. The Morgan fingerprint density at radius 3 is 2.58 bits per heavy atom. The number of anilines is 1. The van der Waals surface area contributed by atoms with Gasteiger partial charge in [0.05, 0.1) is 6.10 Å². The standard InChI is InChI=1S/C19H28N2O3/c1-12(2)17(23)19(4,5)11-20-18(24)15-6-7-16-14(10-15)8-9-21(16)13(3)22/h6-7,10,12,17,23H,8-9,11H2,1-5H3,(H,20,24). The Morgan fingerprint density at radius 1 is 1.33 bits per heavy atom. The first-order chi connectivity index (χ1) is 11.1. The number of amides is 2. The van der Waals surface area contributed by atoms with Gasteiger partial charge in [0.1, 0.15) is 0 Å². The topological polar surface area (TPSA) is 69.6 Å². The third kappa shape index (κ3) is 3.78. The Kier molecular flexibility index (Phi) is 5.33. The fraction of sp³-hybridized carbons (Fsp3) is 0.579. The molecule has 0 fully saturated rings. The maximum absolute atomic E-state index is 12.4. The molecule has 132 valence electrons. The molecule has 2 N–H and O–H groups in total. The van der Waals surface area contributed by atoms with Crippen molar-refractivity contribution in [2.45, 2.75) is 47.1 Å². The van der Waals surface area contributed by atoms with Crippen molar-refractivity contribution >= 4 is 17.5 Å². The number of hydrogen-bond donors (Lipinski definition) is 2. The van der Waals surface area contributed by atoms with Crippen LogP contribution in [0.3, 0.4) is 0 Å². The van der Waals surface area contributed by atoms with Gasteiger partial charge in [0.15, 0.2) is 0 Å². The summed E-state index contributed by atoms with van der Waals surface area (Å²) in [6, 6.07) is 5.45. The SMILES string of the molecule is CC(=O)N1CCc2cc(C(=O)NCC(C)(C)C(O)C(C)C)ccc21. The van der Waals surface area contributed by atoms with Gasteiger partial charge in [0.25, 0.3) is 5.91 Å². The second-order valence-electron chi connectivity index (χ2n) is 7.62. The van der Waals surface area contributed by atoms with Crippen LogP contribution in [0.2, 0.25) is 0 Å². The third-order valence-corrected chi connectivity index (χ3v) is 4.75. The molecule has 1 unspecified atom stereocenters. The van der Waals surface area contributed by atoms with Gasteiger partial charge in [-0.3, -0.25) is 9.59 Å². The van der Waals surface area contributed by atoms with Crippen LogP contribution in [-0.2, 0) is 11.2 Å². The fourth-order valence-electron chi connectivity index (χ4n) is 3.29. The lowest BCUT2D eigenvalue weighted by Gasteiger charge is -2.33. The van der Waals surface area contributed by atoms with Crippen molar-refractivity contribution in [2.24, 2.45) is 11.3 Å². The number of aliphatic hydroxyl groups is 1. The van der Waals surface area contributed by atoms with E-state index in [2.05, 4.69) is 5.32 Å².